The molecule has 0 spiro atoms. The summed E-state index contributed by atoms with van der Waals surface area (Å²) in [7, 11) is 1.36. The van der Waals surface area contributed by atoms with Gasteiger partial charge in [0.15, 0.2) is 5.71 Å². The van der Waals surface area contributed by atoms with E-state index in [1.807, 2.05) is 37.3 Å². The van der Waals surface area contributed by atoms with Gasteiger partial charge in [0.25, 0.3) is 0 Å². The van der Waals surface area contributed by atoms with Gasteiger partial charge in [0, 0.05) is 5.56 Å². The first kappa shape index (κ1) is 17.8. The van der Waals surface area contributed by atoms with Crippen LogP contribution in [0, 0.1) is 6.92 Å². The van der Waals surface area contributed by atoms with Crippen molar-refractivity contribution in [1.82, 2.24) is 0 Å². The quantitative estimate of drug-likeness (QED) is 0.341. The minimum absolute atomic E-state index is 0.120. The van der Waals surface area contributed by atoms with E-state index in [0.29, 0.717) is 22.1 Å². The monoisotopic (exact) mass is 347 g/mol. The Balaban J connectivity index is 2.11. The van der Waals surface area contributed by atoms with E-state index < -0.39 is 5.97 Å². The summed E-state index contributed by atoms with van der Waals surface area (Å²) in [5, 5.41) is 4.09. The predicted octanol–water partition coefficient (Wildman–Crippen LogP) is 4.16. The molecule has 0 atom stereocenters. The summed E-state index contributed by atoms with van der Waals surface area (Å²) in [4.78, 5) is 16.5. The van der Waals surface area contributed by atoms with Crippen LogP contribution in [0.5, 0.6) is 11.5 Å². The number of aryl methyl sites for hydroxylation is 1. The molecule has 0 bridgehead atoms. The van der Waals surface area contributed by atoms with Crippen molar-refractivity contribution in [3.8, 4) is 11.5 Å². The molecule has 0 amide bonds. The number of nitrogens with zero attached hydrogens (tertiary/aromatic N) is 1. The summed E-state index contributed by atoms with van der Waals surface area (Å²) in [5.41, 5.74) is 1.89. The fourth-order valence-electron chi connectivity index (χ4n) is 1.95. The SMILES string of the molecule is CON=C(C)C(=O)Oc1ccccc1COc1ccc(C)cc1Cl. The number of carbonyl (C=O) groups excluding carboxylic acids is 1. The fraction of sp³-hybridized carbons (Fsp3) is 0.222. The topological polar surface area (TPSA) is 57.1 Å². The van der Waals surface area contributed by atoms with Crippen molar-refractivity contribution in [1.29, 1.82) is 0 Å². The van der Waals surface area contributed by atoms with Crippen LogP contribution in [-0.2, 0) is 16.2 Å². The van der Waals surface area contributed by atoms with E-state index in [2.05, 4.69) is 9.99 Å². The Labute approximate surface area is 145 Å². The van der Waals surface area contributed by atoms with Crippen LogP contribution in [0.15, 0.2) is 47.6 Å². The second-order valence-electron chi connectivity index (χ2n) is 5.08. The first-order chi connectivity index (χ1) is 11.5. The molecule has 0 radical (unpaired) electrons. The largest absolute Gasteiger partial charge is 0.487 e. The maximum atomic E-state index is 11.9. The lowest BCUT2D eigenvalue weighted by atomic mass is 10.2. The maximum Gasteiger partial charge on any atom is 0.361 e. The predicted molar refractivity (Wildman–Crippen MR) is 92.7 cm³/mol. The number of carbonyl (C=O) groups is 1. The molecule has 0 aliphatic carbocycles. The molecule has 6 heteroatoms. The zero-order valence-electron chi connectivity index (χ0n) is 13.7. The van der Waals surface area contributed by atoms with Gasteiger partial charge >= 0.3 is 5.97 Å². The fourth-order valence-corrected chi connectivity index (χ4v) is 2.24. The number of ether oxygens (including phenoxy) is 2. The van der Waals surface area contributed by atoms with Crippen molar-refractivity contribution in [3.63, 3.8) is 0 Å². The number of hydrogen-bond donors (Lipinski definition) is 0. The van der Waals surface area contributed by atoms with Crippen LogP contribution in [0.25, 0.3) is 0 Å². The number of benzene rings is 2. The van der Waals surface area contributed by atoms with Crippen LogP contribution in [0.2, 0.25) is 5.02 Å². The molecule has 2 aromatic rings. The molecular weight excluding hydrogens is 330 g/mol. The first-order valence-corrected chi connectivity index (χ1v) is 7.66. The second-order valence-corrected chi connectivity index (χ2v) is 5.49. The second kappa shape index (κ2) is 8.36. The molecule has 2 rings (SSSR count). The summed E-state index contributed by atoms with van der Waals surface area (Å²) in [6, 6.07) is 12.7. The van der Waals surface area contributed by atoms with E-state index in [9.17, 15) is 4.79 Å². The highest BCUT2D eigenvalue weighted by molar-refractivity contribution is 6.35. The van der Waals surface area contributed by atoms with Crippen LogP contribution in [0.1, 0.15) is 18.1 Å². The van der Waals surface area contributed by atoms with E-state index in [4.69, 9.17) is 21.1 Å². The highest BCUT2D eigenvalue weighted by Gasteiger charge is 2.13. The molecule has 0 aromatic heterocycles. The highest BCUT2D eigenvalue weighted by Crippen LogP contribution is 2.27. The Morgan fingerprint density at radius 3 is 2.62 bits per heavy atom. The summed E-state index contributed by atoms with van der Waals surface area (Å²) >= 11 is 6.16. The molecule has 0 aliphatic rings. The van der Waals surface area contributed by atoms with Gasteiger partial charge in [0.05, 0.1) is 5.02 Å². The lowest BCUT2D eigenvalue weighted by Crippen LogP contribution is -2.18. The van der Waals surface area contributed by atoms with Gasteiger partial charge in [-0.15, -0.1) is 0 Å². The molecular formula is C18H18ClNO4. The molecule has 126 valence electrons. The van der Waals surface area contributed by atoms with Crippen LogP contribution in [-0.4, -0.2) is 18.8 Å². The lowest BCUT2D eigenvalue weighted by molar-refractivity contribution is -0.127. The molecule has 0 heterocycles. The van der Waals surface area contributed by atoms with Gasteiger partial charge < -0.3 is 14.3 Å². The number of hydrogen-bond acceptors (Lipinski definition) is 5. The third-order valence-electron chi connectivity index (χ3n) is 3.17. The Morgan fingerprint density at radius 2 is 1.92 bits per heavy atom. The highest BCUT2D eigenvalue weighted by atomic mass is 35.5. The van der Waals surface area contributed by atoms with Crippen LogP contribution in [0.4, 0.5) is 0 Å². The van der Waals surface area contributed by atoms with Gasteiger partial charge in [-0.3, -0.25) is 0 Å². The maximum absolute atomic E-state index is 11.9. The van der Waals surface area contributed by atoms with E-state index >= 15 is 0 Å². The average molecular weight is 348 g/mol. The van der Waals surface area contributed by atoms with Crippen LogP contribution in [0.3, 0.4) is 0 Å². The molecule has 0 unspecified atom stereocenters. The number of halogens is 1. The average Bonchev–Trinajstić information content (AvgIpc) is 2.55. The van der Waals surface area contributed by atoms with E-state index in [0.717, 1.165) is 5.56 Å². The normalized spacial score (nSPS) is 11.1. The Kier molecular flexibility index (Phi) is 6.21. The number of rotatable bonds is 6. The van der Waals surface area contributed by atoms with Crippen LogP contribution < -0.4 is 9.47 Å². The molecule has 5 nitrogen and oxygen atoms in total. The molecule has 0 fully saturated rings. The van der Waals surface area contributed by atoms with E-state index in [1.54, 1.807) is 12.1 Å². The van der Waals surface area contributed by atoms with Crippen LogP contribution >= 0.6 is 11.6 Å². The zero-order valence-corrected chi connectivity index (χ0v) is 14.5. The standard InChI is InChI=1S/C18H18ClNO4/c1-12-8-9-17(15(19)10-12)23-11-14-6-4-5-7-16(14)24-18(21)13(2)20-22-3/h4-10H,11H2,1-3H3. The Morgan fingerprint density at radius 1 is 1.17 bits per heavy atom. The number of esters is 1. The van der Waals surface area contributed by atoms with Gasteiger partial charge in [-0.25, -0.2) is 4.79 Å². The van der Waals surface area contributed by atoms with Gasteiger partial charge in [-0.05, 0) is 37.6 Å². The number of para-hydroxylation sites is 1. The minimum atomic E-state index is -0.585. The van der Waals surface area contributed by atoms with Crippen molar-refractivity contribution in [3.05, 3.63) is 58.6 Å². The molecule has 24 heavy (non-hydrogen) atoms. The van der Waals surface area contributed by atoms with Gasteiger partial charge in [0.1, 0.15) is 25.2 Å². The summed E-state index contributed by atoms with van der Waals surface area (Å²) in [6.45, 7) is 3.68. The van der Waals surface area contributed by atoms with Crippen molar-refractivity contribution < 1.29 is 19.1 Å². The van der Waals surface area contributed by atoms with E-state index in [-0.39, 0.29) is 12.3 Å². The van der Waals surface area contributed by atoms with Crippen molar-refractivity contribution in [2.75, 3.05) is 7.11 Å². The Hall–Kier alpha value is -2.53. The lowest BCUT2D eigenvalue weighted by Gasteiger charge is -2.12. The summed E-state index contributed by atoms with van der Waals surface area (Å²) < 4.78 is 11.1. The summed E-state index contributed by atoms with van der Waals surface area (Å²) in [6.07, 6.45) is 0. The first-order valence-electron chi connectivity index (χ1n) is 7.28. The minimum Gasteiger partial charge on any atom is -0.487 e. The molecule has 0 saturated heterocycles. The van der Waals surface area contributed by atoms with Gasteiger partial charge in [-0.1, -0.05) is 41.0 Å². The molecule has 0 saturated carbocycles. The molecule has 0 aliphatic heterocycles. The smallest absolute Gasteiger partial charge is 0.361 e. The zero-order chi connectivity index (χ0) is 17.5. The third kappa shape index (κ3) is 4.73. The Bertz CT molecular complexity index is 758. The summed E-state index contributed by atoms with van der Waals surface area (Å²) in [5.74, 6) is 0.384. The van der Waals surface area contributed by atoms with Crippen molar-refractivity contribution in [2.45, 2.75) is 20.5 Å². The molecule has 0 N–H and O–H groups in total. The van der Waals surface area contributed by atoms with Gasteiger partial charge in [0.2, 0.25) is 0 Å². The number of oxime groups is 1. The third-order valence-corrected chi connectivity index (χ3v) is 3.46. The van der Waals surface area contributed by atoms with E-state index in [1.165, 1.54) is 14.0 Å². The van der Waals surface area contributed by atoms with Crippen molar-refractivity contribution in [2.24, 2.45) is 5.16 Å². The molecule has 2 aromatic carbocycles. The van der Waals surface area contributed by atoms with Crippen molar-refractivity contribution >= 4 is 23.3 Å². The van der Waals surface area contributed by atoms with Gasteiger partial charge in [-0.2, -0.15) is 0 Å².